The second-order valence-electron chi connectivity index (χ2n) is 7.27. The fourth-order valence-corrected chi connectivity index (χ4v) is 6.01. The van der Waals surface area contributed by atoms with E-state index < -0.39 is 0 Å². The SMILES string of the molecule is [Cl-].[Cl-].[Zn+2].c1ccc(C2CN3CCSC3=N2)cc1.c1ccc(C2CN3CCSC3=N2)cc1. The van der Waals surface area contributed by atoms with Gasteiger partial charge in [0.2, 0.25) is 0 Å². The normalized spacial score (nSPS) is 22.6. The molecule has 2 saturated heterocycles. The van der Waals surface area contributed by atoms with Gasteiger partial charge in [0.05, 0.1) is 12.1 Å². The van der Waals surface area contributed by atoms with Crippen LogP contribution in [0.1, 0.15) is 23.2 Å². The van der Waals surface area contributed by atoms with E-state index in [9.17, 15) is 0 Å². The van der Waals surface area contributed by atoms with E-state index >= 15 is 0 Å². The largest absolute Gasteiger partial charge is 2.00 e. The Hall–Kier alpha value is -0.717. The fraction of sp³-hybridized carbons (Fsp3) is 0.364. The van der Waals surface area contributed by atoms with Gasteiger partial charge in [0.1, 0.15) is 0 Å². The summed E-state index contributed by atoms with van der Waals surface area (Å²) in [7, 11) is 0. The van der Waals surface area contributed by atoms with Gasteiger partial charge in [-0.05, 0) is 11.1 Å². The van der Waals surface area contributed by atoms with E-state index in [2.05, 4.69) is 70.5 Å². The Labute approximate surface area is 218 Å². The van der Waals surface area contributed by atoms with E-state index in [1.165, 1.54) is 46.1 Å². The third-order valence-corrected chi connectivity index (χ3v) is 7.43. The summed E-state index contributed by atoms with van der Waals surface area (Å²) in [5.41, 5.74) is 2.69. The van der Waals surface area contributed by atoms with Crippen molar-refractivity contribution in [3.8, 4) is 0 Å². The molecule has 0 amide bonds. The molecule has 0 aromatic heterocycles. The summed E-state index contributed by atoms with van der Waals surface area (Å²) in [4.78, 5) is 14.2. The van der Waals surface area contributed by atoms with Crippen molar-refractivity contribution in [1.29, 1.82) is 0 Å². The molecule has 4 nitrogen and oxygen atoms in total. The first-order valence-corrected chi connectivity index (χ1v) is 11.8. The fourth-order valence-electron chi connectivity index (χ4n) is 3.92. The smallest absolute Gasteiger partial charge is 1.00 e. The maximum atomic E-state index is 4.73. The molecule has 4 heterocycles. The van der Waals surface area contributed by atoms with Crippen molar-refractivity contribution in [2.24, 2.45) is 9.98 Å². The van der Waals surface area contributed by atoms with Gasteiger partial charge in [-0.15, -0.1) is 0 Å². The van der Waals surface area contributed by atoms with Gasteiger partial charge in [-0.3, -0.25) is 9.98 Å². The van der Waals surface area contributed by atoms with Crippen molar-refractivity contribution in [2.75, 3.05) is 37.7 Å². The van der Waals surface area contributed by atoms with Crippen LogP contribution in [0.15, 0.2) is 70.6 Å². The van der Waals surface area contributed by atoms with E-state index in [1.54, 1.807) is 0 Å². The Morgan fingerprint density at radius 1 is 0.645 bits per heavy atom. The summed E-state index contributed by atoms with van der Waals surface area (Å²) in [6, 6.07) is 21.9. The Balaban J connectivity index is 0.000000201. The molecule has 0 N–H and O–H groups in total. The summed E-state index contributed by atoms with van der Waals surface area (Å²) in [6.45, 7) is 4.50. The zero-order chi connectivity index (χ0) is 18.8. The summed E-state index contributed by atoms with van der Waals surface area (Å²) >= 11 is 3.77. The topological polar surface area (TPSA) is 31.2 Å². The second-order valence-corrected chi connectivity index (χ2v) is 9.39. The zero-order valence-electron chi connectivity index (χ0n) is 17.2. The van der Waals surface area contributed by atoms with Crippen molar-refractivity contribution in [1.82, 2.24) is 9.80 Å². The van der Waals surface area contributed by atoms with Gasteiger partial charge >= 0.3 is 19.5 Å². The van der Waals surface area contributed by atoms with Crippen LogP contribution in [0.3, 0.4) is 0 Å². The maximum absolute atomic E-state index is 4.73. The molecule has 6 rings (SSSR count). The van der Waals surface area contributed by atoms with Gasteiger partial charge in [0.25, 0.3) is 0 Å². The Bertz CT molecular complexity index is 812. The minimum Gasteiger partial charge on any atom is -1.00 e. The van der Waals surface area contributed by atoms with E-state index in [0.29, 0.717) is 12.1 Å². The van der Waals surface area contributed by atoms with Crippen LogP contribution in [0, 0.1) is 0 Å². The van der Waals surface area contributed by atoms with Crippen LogP contribution in [0.25, 0.3) is 0 Å². The predicted molar refractivity (Wildman–Crippen MR) is 121 cm³/mol. The molecule has 0 radical (unpaired) electrons. The molecular formula is C22H24Cl2N4S2Zn. The summed E-state index contributed by atoms with van der Waals surface area (Å²) in [6.07, 6.45) is 0. The minimum atomic E-state index is 0. The monoisotopic (exact) mass is 542 g/mol. The molecular weight excluding hydrogens is 521 g/mol. The van der Waals surface area contributed by atoms with Gasteiger partial charge in [-0.1, -0.05) is 84.2 Å². The van der Waals surface area contributed by atoms with Gasteiger partial charge < -0.3 is 34.6 Å². The number of aliphatic imine (C=N–C) groups is 2. The number of hydrogen-bond acceptors (Lipinski definition) is 6. The number of nitrogens with zero attached hydrogens (tertiary/aromatic N) is 4. The average molecular weight is 545 g/mol. The molecule has 9 heteroatoms. The van der Waals surface area contributed by atoms with E-state index in [-0.39, 0.29) is 44.3 Å². The van der Waals surface area contributed by atoms with Crippen LogP contribution in [-0.2, 0) is 19.5 Å². The number of benzene rings is 2. The molecule has 31 heavy (non-hydrogen) atoms. The molecule has 2 fully saturated rings. The first-order valence-electron chi connectivity index (χ1n) is 9.88. The zero-order valence-corrected chi connectivity index (χ0v) is 23.4. The quantitative estimate of drug-likeness (QED) is 0.422. The van der Waals surface area contributed by atoms with Crippen molar-refractivity contribution in [3.05, 3.63) is 71.8 Å². The number of thioether (sulfide) groups is 2. The van der Waals surface area contributed by atoms with Crippen LogP contribution < -0.4 is 24.8 Å². The molecule has 0 bridgehead atoms. The molecule has 2 atom stereocenters. The van der Waals surface area contributed by atoms with Gasteiger partial charge in [0.15, 0.2) is 10.3 Å². The van der Waals surface area contributed by atoms with Crippen molar-refractivity contribution < 1.29 is 44.3 Å². The number of amidine groups is 2. The number of fused-ring (bicyclic) bond motifs is 2. The summed E-state index contributed by atoms with van der Waals surface area (Å²) in [5.74, 6) is 2.42. The number of hydrogen-bond donors (Lipinski definition) is 0. The van der Waals surface area contributed by atoms with Crippen LogP contribution in [0.4, 0.5) is 0 Å². The van der Waals surface area contributed by atoms with E-state index in [4.69, 9.17) is 9.98 Å². The summed E-state index contributed by atoms with van der Waals surface area (Å²) in [5, 5.41) is 2.50. The number of halogens is 2. The second kappa shape index (κ2) is 12.5. The van der Waals surface area contributed by atoms with Crippen molar-refractivity contribution in [2.45, 2.75) is 12.1 Å². The molecule has 4 aliphatic heterocycles. The Morgan fingerprint density at radius 2 is 1.03 bits per heavy atom. The van der Waals surface area contributed by atoms with Gasteiger partial charge in [-0.2, -0.15) is 0 Å². The third-order valence-electron chi connectivity index (χ3n) is 5.41. The summed E-state index contributed by atoms with van der Waals surface area (Å²) < 4.78 is 0. The Morgan fingerprint density at radius 3 is 1.39 bits per heavy atom. The van der Waals surface area contributed by atoms with Crippen LogP contribution in [0.5, 0.6) is 0 Å². The standard InChI is InChI=1S/2C11H12N2S.2ClH.Zn/c2*1-2-4-9(5-3-1)10-8-13-6-7-14-11(13)12-10;;;/h2*1-5,10H,6-8H2;2*1H;/q;;;;+2/p-2. The van der Waals surface area contributed by atoms with Crippen LogP contribution in [0.2, 0.25) is 0 Å². The molecule has 2 unspecified atom stereocenters. The first kappa shape index (κ1) is 26.5. The van der Waals surface area contributed by atoms with Gasteiger partial charge in [-0.25, -0.2) is 0 Å². The van der Waals surface area contributed by atoms with E-state index in [0.717, 1.165) is 13.1 Å². The molecule has 0 spiro atoms. The molecule has 2 aromatic rings. The minimum absolute atomic E-state index is 0. The van der Waals surface area contributed by atoms with Crippen LogP contribution >= 0.6 is 23.5 Å². The number of rotatable bonds is 2. The molecule has 4 aliphatic rings. The van der Waals surface area contributed by atoms with Gasteiger partial charge in [0, 0.05) is 37.7 Å². The average Bonchev–Trinajstić information content (AvgIpc) is 3.50. The molecule has 2 aromatic carbocycles. The molecule has 0 aliphatic carbocycles. The van der Waals surface area contributed by atoms with Crippen molar-refractivity contribution in [3.63, 3.8) is 0 Å². The predicted octanol–water partition coefficient (Wildman–Crippen LogP) is -1.70. The van der Waals surface area contributed by atoms with E-state index in [1.807, 2.05) is 23.5 Å². The first-order chi connectivity index (χ1) is 13.9. The van der Waals surface area contributed by atoms with Crippen LogP contribution in [-0.4, -0.2) is 57.8 Å². The van der Waals surface area contributed by atoms with Crippen molar-refractivity contribution >= 4 is 33.9 Å². The Kier molecular flexibility index (Phi) is 10.7. The third kappa shape index (κ3) is 6.20. The molecule has 160 valence electrons. The molecule has 0 saturated carbocycles. The maximum Gasteiger partial charge on any atom is 2.00 e.